The maximum Gasteiger partial charge on any atom is 0.481 e. The second-order valence-corrected chi connectivity index (χ2v) is 20.1. The third kappa shape index (κ3) is 18.0. The monoisotopic (exact) mass is 963 g/mol. The number of carbonyl (C=O) groups excluding carboxylic acids is 3. The summed E-state index contributed by atoms with van der Waals surface area (Å²) in [4.78, 5) is 88.0. The molecule has 29 heteroatoms. The van der Waals surface area contributed by atoms with Crippen molar-refractivity contribution in [2.45, 2.75) is 109 Å². The Balaban J connectivity index is 1.40. The molecule has 352 valence electrons. The molecule has 2 aromatic rings. The molecule has 8 unspecified atom stereocenters. The van der Waals surface area contributed by atoms with E-state index in [1.54, 1.807) is 0 Å². The van der Waals surface area contributed by atoms with Crippen LogP contribution < -0.4 is 16.4 Å². The van der Waals surface area contributed by atoms with Gasteiger partial charge >= 0.3 is 23.5 Å². The number of hydrogen-bond donors (Lipinski definition) is 10. The van der Waals surface area contributed by atoms with Gasteiger partial charge in [-0.25, -0.2) is 28.6 Å². The van der Waals surface area contributed by atoms with Crippen LogP contribution in [0.3, 0.4) is 0 Å². The van der Waals surface area contributed by atoms with Crippen LogP contribution in [0.25, 0.3) is 11.2 Å². The van der Waals surface area contributed by atoms with Crippen molar-refractivity contribution in [3.05, 3.63) is 24.8 Å². The average Bonchev–Trinajstić information content (AvgIpc) is 3.74. The van der Waals surface area contributed by atoms with Crippen LogP contribution in [-0.4, -0.2) is 134 Å². The van der Waals surface area contributed by atoms with Crippen LogP contribution in [0.15, 0.2) is 24.8 Å². The molecule has 0 saturated carbocycles. The molecule has 8 atom stereocenters. The standard InChI is InChI=1S/C33H56N7O18P3S/c1-4-5-6-7-8-9-10-11-21(41)16-24(43)62-15-14-35-23(42)12-13-36-31(46)28(45)33(2,3)18-55-61(52,53)58-60(50,51)54-17-22-27(57-59(47,48)49)26(44)32(56-22)40-20-39-25-29(34)37-19-38-30(25)40/h9-10,19-22,26-28,32,41,44-45H,4-8,11-18H2,1-3H3,(H,35,42)(H,36,46)(H,50,51)(H,52,53)(H2,34,37,38)(H2,47,48,49). The lowest BCUT2D eigenvalue weighted by molar-refractivity contribution is -0.137. The fraction of sp³-hybridized carbons (Fsp3) is 0.697. The summed E-state index contributed by atoms with van der Waals surface area (Å²) >= 11 is 0.967. The highest BCUT2D eigenvalue weighted by Gasteiger charge is 2.50. The molecule has 3 heterocycles. The molecular weight excluding hydrogens is 907 g/mol. The Labute approximate surface area is 361 Å². The average molecular weight is 964 g/mol. The Morgan fingerprint density at radius 2 is 1.73 bits per heavy atom. The smallest absolute Gasteiger partial charge is 0.392 e. The van der Waals surface area contributed by atoms with Crippen molar-refractivity contribution in [1.82, 2.24) is 30.2 Å². The number of anilines is 1. The van der Waals surface area contributed by atoms with E-state index in [9.17, 15) is 63.0 Å². The topological polar surface area (TPSA) is 384 Å². The van der Waals surface area contributed by atoms with Crippen LogP contribution in [0.4, 0.5) is 5.82 Å². The maximum absolute atomic E-state index is 12.7. The number of allylic oxidation sites excluding steroid dienone is 1. The van der Waals surface area contributed by atoms with Gasteiger partial charge < -0.3 is 56.0 Å². The first-order valence-electron chi connectivity index (χ1n) is 19.3. The van der Waals surface area contributed by atoms with Crippen LogP contribution in [0.5, 0.6) is 0 Å². The number of aliphatic hydroxyl groups excluding tert-OH is 3. The number of amides is 2. The predicted octanol–water partition coefficient (Wildman–Crippen LogP) is 1.33. The highest BCUT2D eigenvalue weighted by molar-refractivity contribution is 8.13. The van der Waals surface area contributed by atoms with Crippen molar-refractivity contribution in [3.8, 4) is 0 Å². The first-order valence-corrected chi connectivity index (χ1v) is 24.8. The number of nitrogen functional groups attached to an aromatic ring is 1. The quantitative estimate of drug-likeness (QED) is 0.0327. The lowest BCUT2D eigenvalue weighted by Gasteiger charge is -2.30. The van der Waals surface area contributed by atoms with Gasteiger partial charge in [0.15, 0.2) is 22.8 Å². The van der Waals surface area contributed by atoms with E-state index in [-0.39, 0.29) is 53.8 Å². The van der Waals surface area contributed by atoms with E-state index < -0.39 is 90.7 Å². The highest BCUT2D eigenvalue weighted by atomic mass is 32.2. The zero-order valence-electron chi connectivity index (χ0n) is 34.2. The van der Waals surface area contributed by atoms with Gasteiger partial charge in [-0.05, 0) is 19.3 Å². The minimum atomic E-state index is -5.58. The van der Waals surface area contributed by atoms with Gasteiger partial charge in [-0.2, -0.15) is 4.31 Å². The van der Waals surface area contributed by atoms with E-state index in [1.165, 1.54) is 20.3 Å². The number of nitrogens with zero attached hydrogens (tertiary/aromatic N) is 4. The number of nitrogens with two attached hydrogens (primary N) is 1. The van der Waals surface area contributed by atoms with Crippen molar-refractivity contribution >= 4 is 69.1 Å². The highest BCUT2D eigenvalue weighted by Crippen LogP contribution is 2.61. The first-order chi connectivity index (χ1) is 28.9. The summed E-state index contributed by atoms with van der Waals surface area (Å²) in [6.45, 7) is 2.50. The summed E-state index contributed by atoms with van der Waals surface area (Å²) in [5.74, 6) is -1.26. The van der Waals surface area contributed by atoms with Gasteiger partial charge in [-0.1, -0.05) is 63.9 Å². The molecule has 3 rings (SSSR count). The molecule has 2 amide bonds. The van der Waals surface area contributed by atoms with Crippen LogP contribution in [0.2, 0.25) is 0 Å². The molecular formula is C33H56N7O18P3S. The second kappa shape index (κ2) is 24.5. The predicted molar refractivity (Wildman–Crippen MR) is 220 cm³/mol. The van der Waals surface area contributed by atoms with Crippen molar-refractivity contribution in [2.75, 3.05) is 37.8 Å². The zero-order chi connectivity index (χ0) is 46.3. The summed E-state index contributed by atoms with van der Waals surface area (Å²) in [6, 6.07) is 0. The summed E-state index contributed by atoms with van der Waals surface area (Å²) in [5, 5.41) is 36.3. The molecule has 1 fully saturated rings. The van der Waals surface area contributed by atoms with Gasteiger partial charge in [0.2, 0.25) is 11.8 Å². The van der Waals surface area contributed by atoms with Crippen molar-refractivity contribution in [3.63, 3.8) is 0 Å². The molecule has 1 aliphatic rings. The molecule has 0 aliphatic carbocycles. The van der Waals surface area contributed by atoms with Gasteiger partial charge in [0.1, 0.15) is 36.3 Å². The van der Waals surface area contributed by atoms with Crippen LogP contribution >= 0.6 is 35.2 Å². The maximum atomic E-state index is 12.7. The van der Waals surface area contributed by atoms with Crippen LogP contribution in [-0.2, 0) is 50.7 Å². The Bertz CT molecular complexity index is 1970. The Morgan fingerprint density at radius 1 is 1.02 bits per heavy atom. The van der Waals surface area contributed by atoms with Crippen molar-refractivity contribution in [2.24, 2.45) is 5.41 Å². The molecule has 25 nitrogen and oxygen atoms in total. The Morgan fingerprint density at radius 3 is 2.42 bits per heavy atom. The summed E-state index contributed by atoms with van der Waals surface area (Å²) in [5.41, 5.74) is 4.24. The van der Waals surface area contributed by atoms with Gasteiger partial charge in [0, 0.05) is 37.1 Å². The van der Waals surface area contributed by atoms with E-state index in [4.69, 9.17) is 19.5 Å². The summed E-state index contributed by atoms with van der Waals surface area (Å²) < 4.78 is 62.2. The number of carbonyl (C=O) groups is 3. The first kappa shape index (κ1) is 53.6. The SMILES string of the molecule is CCCCCCC=CCC(O)CC(=O)SCCNC(=O)CCNC(=O)C(O)C(C)(C)COP(=O)(O)OP(=O)(O)OCC1OC(n2cnc3c(N)ncnc32)C(O)C1OP(=O)(O)O. The number of phosphoric ester groups is 3. The minimum Gasteiger partial charge on any atom is -0.392 e. The lowest BCUT2D eigenvalue weighted by atomic mass is 9.87. The normalized spacial score (nSPS) is 21.4. The number of hydrogen-bond acceptors (Lipinski definition) is 19. The van der Waals surface area contributed by atoms with E-state index >= 15 is 0 Å². The molecule has 0 aromatic carbocycles. The number of rotatable bonds is 28. The van der Waals surface area contributed by atoms with Crippen LogP contribution in [0.1, 0.15) is 78.4 Å². The number of ether oxygens (including phenoxy) is 1. The fourth-order valence-electron chi connectivity index (χ4n) is 5.69. The van der Waals surface area contributed by atoms with Gasteiger partial charge in [0.05, 0.1) is 25.6 Å². The summed E-state index contributed by atoms with van der Waals surface area (Å²) in [7, 11) is -16.4. The molecule has 62 heavy (non-hydrogen) atoms. The molecule has 2 aromatic heterocycles. The van der Waals surface area contributed by atoms with Gasteiger partial charge in [-0.15, -0.1) is 0 Å². The van der Waals surface area contributed by atoms with Crippen LogP contribution in [0, 0.1) is 5.41 Å². The van der Waals surface area contributed by atoms with E-state index in [1.807, 2.05) is 12.2 Å². The second-order valence-electron chi connectivity index (χ2n) is 14.7. The molecule has 0 spiro atoms. The minimum absolute atomic E-state index is 0.0263. The van der Waals surface area contributed by atoms with Crippen molar-refractivity contribution < 1.29 is 85.6 Å². The zero-order valence-corrected chi connectivity index (χ0v) is 37.7. The number of fused-ring (bicyclic) bond motifs is 1. The lowest BCUT2D eigenvalue weighted by Crippen LogP contribution is -2.46. The molecule has 0 bridgehead atoms. The number of aliphatic hydroxyl groups is 3. The number of phosphoric acid groups is 3. The summed E-state index contributed by atoms with van der Waals surface area (Å²) in [6.07, 6.45) is 1.94. The van der Waals surface area contributed by atoms with E-state index in [0.29, 0.717) is 6.42 Å². The number of imidazole rings is 1. The number of thioether (sulfide) groups is 1. The molecule has 0 radical (unpaired) electrons. The molecule has 11 N–H and O–H groups in total. The van der Waals surface area contributed by atoms with E-state index in [0.717, 1.165) is 54.7 Å². The van der Waals surface area contributed by atoms with Crippen molar-refractivity contribution in [1.29, 1.82) is 0 Å². The number of unbranched alkanes of at least 4 members (excludes halogenated alkanes) is 4. The van der Waals surface area contributed by atoms with Gasteiger partial charge in [0.25, 0.3) is 0 Å². The fourth-order valence-corrected chi connectivity index (χ4v) is 9.26. The molecule has 1 saturated heterocycles. The number of nitrogens with one attached hydrogen (secondary N) is 2. The third-order valence-corrected chi connectivity index (χ3v) is 13.0. The Kier molecular flexibility index (Phi) is 21.2. The van der Waals surface area contributed by atoms with E-state index in [2.05, 4.69) is 41.3 Å². The third-order valence-electron chi connectivity index (χ3n) is 8.97. The van der Waals surface area contributed by atoms with Gasteiger partial charge in [-0.3, -0.25) is 32.5 Å². The largest absolute Gasteiger partial charge is 0.481 e. The Hall–Kier alpha value is -2.74. The number of aromatic nitrogens is 4. The molecule has 1 aliphatic heterocycles.